The number of para-hydroxylation sites is 4. The molecule has 0 spiro atoms. The standard InChI is InChI=1S/C33H31N3O/c1-21-18-19-29-31(24-13-7-11-17-28(24)37-29)32(21)33(3,4)36-22(2)35(26-15-9-10-16-27(26)36)30-20-23-12-6-8-14-25(23)34(30)5/h6-20,22H,1-5H3/t22-/m1/s1. The normalized spacial score (nSPS) is 15.9. The number of aromatic nitrogens is 1. The summed E-state index contributed by atoms with van der Waals surface area (Å²) < 4.78 is 8.62. The molecule has 1 atom stereocenters. The molecule has 0 N–H and O–H groups in total. The molecule has 0 aliphatic carbocycles. The molecule has 3 heterocycles. The number of aryl methyl sites for hydroxylation is 2. The lowest BCUT2D eigenvalue weighted by atomic mass is 9.84. The lowest BCUT2D eigenvalue weighted by molar-refractivity contribution is 0.448. The van der Waals surface area contributed by atoms with Crippen molar-refractivity contribution in [1.29, 1.82) is 0 Å². The Morgan fingerprint density at radius 2 is 1.49 bits per heavy atom. The fraction of sp³-hybridized carbons (Fsp3) is 0.212. The second-order valence-corrected chi connectivity index (χ2v) is 10.8. The van der Waals surface area contributed by atoms with Crippen LogP contribution in [0.15, 0.2) is 95.4 Å². The molecule has 0 unspecified atom stereocenters. The number of anilines is 3. The van der Waals surface area contributed by atoms with Crippen LogP contribution in [0.4, 0.5) is 17.2 Å². The van der Waals surface area contributed by atoms with Gasteiger partial charge < -0.3 is 18.8 Å². The Bertz CT molecular complexity index is 1820. The lowest BCUT2D eigenvalue weighted by Gasteiger charge is -2.43. The van der Waals surface area contributed by atoms with Crippen molar-refractivity contribution in [3.05, 3.63) is 102 Å². The topological polar surface area (TPSA) is 24.6 Å². The third kappa shape index (κ3) is 2.96. The van der Waals surface area contributed by atoms with E-state index in [2.05, 4.69) is 134 Å². The monoisotopic (exact) mass is 485 g/mol. The van der Waals surface area contributed by atoms with Crippen molar-refractivity contribution < 1.29 is 4.42 Å². The highest BCUT2D eigenvalue weighted by Gasteiger charge is 2.44. The average molecular weight is 486 g/mol. The first-order valence-electron chi connectivity index (χ1n) is 13.0. The number of fused-ring (bicyclic) bond motifs is 5. The highest BCUT2D eigenvalue weighted by molar-refractivity contribution is 6.08. The van der Waals surface area contributed by atoms with Gasteiger partial charge in [-0.1, -0.05) is 54.6 Å². The minimum atomic E-state index is -0.314. The quantitative estimate of drug-likeness (QED) is 0.251. The van der Waals surface area contributed by atoms with Gasteiger partial charge >= 0.3 is 0 Å². The van der Waals surface area contributed by atoms with Gasteiger partial charge in [0.1, 0.15) is 23.1 Å². The molecule has 0 bridgehead atoms. The van der Waals surface area contributed by atoms with Crippen molar-refractivity contribution in [2.75, 3.05) is 9.80 Å². The van der Waals surface area contributed by atoms with E-state index in [0.717, 1.165) is 11.2 Å². The highest BCUT2D eigenvalue weighted by Crippen LogP contribution is 2.51. The van der Waals surface area contributed by atoms with Gasteiger partial charge in [-0.05, 0) is 75.2 Å². The molecule has 0 fully saturated rings. The molecular weight excluding hydrogens is 454 g/mol. The van der Waals surface area contributed by atoms with Crippen LogP contribution >= 0.6 is 0 Å². The van der Waals surface area contributed by atoms with Crippen LogP contribution in [0.2, 0.25) is 0 Å². The lowest BCUT2D eigenvalue weighted by Crippen LogP contribution is -2.49. The Hall–Kier alpha value is -4.18. The molecule has 0 saturated heterocycles. The van der Waals surface area contributed by atoms with Crippen molar-refractivity contribution in [3.8, 4) is 0 Å². The number of hydrogen-bond acceptors (Lipinski definition) is 3. The molecule has 184 valence electrons. The van der Waals surface area contributed by atoms with Crippen LogP contribution < -0.4 is 9.80 Å². The summed E-state index contributed by atoms with van der Waals surface area (Å²) in [6.07, 6.45) is 0.100. The summed E-state index contributed by atoms with van der Waals surface area (Å²) in [4.78, 5) is 5.07. The minimum Gasteiger partial charge on any atom is -0.456 e. The first-order chi connectivity index (χ1) is 17.9. The van der Waals surface area contributed by atoms with Gasteiger partial charge in [0.05, 0.1) is 16.9 Å². The number of furan rings is 1. The van der Waals surface area contributed by atoms with Crippen LogP contribution in [0.3, 0.4) is 0 Å². The zero-order chi connectivity index (χ0) is 25.5. The van der Waals surface area contributed by atoms with Crippen molar-refractivity contribution in [3.63, 3.8) is 0 Å². The van der Waals surface area contributed by atoms with E-state index < -0.39 is 0 Å². The fourth-order valence-corrected chi connectivity index (χ4v) is 6.81. The zero-order valence-electron chi connectivity index (χ0n) is 22.0. The van der Waals surface area contributed by atoms with Crippen LogP contribution in [0.5, 0.6) is 0 Å². The summed E-state index contributed by atoms with van der Waals surface area (Å²) in [5, 5.41) is 3.65. The summed E-state index contributed by atoms with van der Waals surface area (Å²) in [7, 11) is 2.17. The average Bonchev–Trinajstić information content (AvgIpc) is 3.52. The first-order valence-corrected chi connectivity index (χ1v) is 13.0. The molecule has 0 radical (unpaired) electrons. The van der Waals surface area contributed by atoms with E-state index in [4.69, 9.17) is 4.42 Å². The third-order valence-corrected chi connectivity index (χ3v) is 8.29. The molecule has 0 amide bonds. The third-order valence-electron chi connectivity index (χ3n) is 8.29. The van der Waals surface area contributed by atoms with E-state index in [0.29, 0.717) is 0 Å². The van der Waals surface area contributed by atoms with Crippen molar-refractivity contribution in [2.45, 2.75) is 39.4 Å². The molecule has 37 heavy (non-hydrogen) atoms. The van der Waals surface area contributed by atoms with Crippen LogP contribution in [0.25, 0.3) is 32.8 Å². The summed E-state index contributed by atoms with van der Waals surface area (Å²) in [5.41, 5.74) is 7.88. The Morgan fingerprint density at radius 1 is 0.784 bits per heavy atom. The molecule has 0 saturated carbocycles. The fourth-order valence-electron chi connectivity index (χ4n) is 6.81. The van der Waals surface area contributed by atoms with Gasteiger partial charge in [0.25, 0.3) is 0 Å². The molecule has 4 nitrogen and oxygen atoms in total. The highest BCUT2D eigenvalue weighted by atomic mass is 16.3. The Morgan fingerprint density at radius 3 is 2.30 bits per heavy atom. The molecule has 1 aliphatic heterocycles. The van der Waals surface area contributed by atoms with Crippen LogP contribution in [0, 0.1) is 6.92 Å². The van der Waals surface area contributed by atoms with Crippen molar-refractivity contribution >= 4 is 50.0 Å². The Balaban J connectivity index is 1.46. The number of rotatable bonds is 3. The smallest absolute Gasteiger partial charge is 0.135 e. The van der Waals surface area contributed by atoms with Gasteiger partial charge in [-0.3, -0.25) is 0 Å². The van der Waals surface area contributed by atoms with Crippen molar-refractivity contribution in [1.82, 2.24) is 4.57 Å². The van der Waals surface area contributed by atoms with Crippen LogP contribution in [-0.2, 0) is 12.6 Å². The molecular formula is C33H31N3O. The van der Waals surface area contributed by atoms with E-state index in [-0.39, 0.29) is 11.7 Å². The number of hydrogen-bond donors (Lipinski definition) is 0. The summed E-state index contributed by atoms with van der Waals surface area (Å²) >= 11 is 0. The molecule has 4 aromatic carbocycles. The maximum Gasteiger partial charge on any atom is 0.135 e. The maximum absolute atomic E-state index is 6.31. The van der Waals surface area contributed by atoms with Gasteiger partial charge in [-0.15, -0.1) is 0 Å². The van der Waals surface area contributed by atoms with E-state index in [1.54, 1.807) is 0 Å². The molecule has 7 rings (SSSR count). The van der Waals surface area contributed by atoms with E-state index in [1.165, 1.54) is 50.0 Å². The maximum atomic E-state index is 6.31. The zero-order valence-corrected chi connectivity index (χ0v) is 22.0. The predicted molar refractivity (Wildman–Crippen MR) is 155 cm³/mol. The van der Waals surface area contributed by atoms with Crippen LogP contribution in [0.1, 0.15) is 31.9 Å². The van der Waals surface area contributed by atoms with Gasteiger partial charge in [0, 0.05) is 28.7 Å². The number of benzene rings is 4. The molecule has 1 aliphatic rings. The van der Waals surface area contributed by atoms with Crippen molar-refractivity contribution in [2.24, 2.45) is 7.05 Å². The van der Waals surface area contributed by atoms with Gasteiger partial charge in [0.15, 0.2) is 0 Å². The van der Waals surface area contributed by atoms with E-state index >= 15 is 0 Å². The van der Waals surface area contributed by atoms with E-state index in [9.17, 15) is 0 Å². The summed E-state index contributed by atoms with van der Waals surface area (Å²) in [6, 6.07) is 32.5. The van der Waals surface area contributed by atoms with E-state index in [1.807, 2.05) is 6.07 Å². The largest absolute Gasteiger partial charge is 0.456 e. The Kier molecular flexibility index (Phi) is 4.56. The summed E-state index contributed by atoms with van der Waals surface area (Å²) in [5.74, 6) is 1.20. The molecule has 4 heteroatoms. The number of nitrogens with zero attached hydrogens (tertiary/aromatic N) is 3. The SMILES string of the molecule is Cc1ccc2oc3ccccc3c2c1C(C)(C)N1c2ccccc2N(c2cc3ccccc3n2C)[C@H]1C. The van der Waals surface area contributed by atoms with Crippen LogP contribution in [-0.4, -0.2) is 10.7 Å². The molecule has 6 aromatic rings. The Labute approximate surface area is 217 Å². The second-order valence-electron chi connectivity index (χ2n) is 10.8. The molecule has 2 aromatic heterocycles. The predicted octanol–water partition coefficient (Wildman–Crippen LogP) is 8.63. The van der Waals surface area contributed by atoms with Gasteiger partial charge in [-0.25, -0.2) is 0 Å². The summed E-state index contributed by atoms with van der Waals surface area (Å²) in [6.45, 7) is 9.26. The second kappa shape index (κ2) is 7.66. The first kappa shape index (κ1) is 22.1. The van der Waals surface area contributed by atoms with Gasteiger partial charge in [-0.2, -0.15) is 0 Å². The van der Waals surface area contributed by atoms with Gasteiger partial charge in [0.2, 0.25) is 0 Å². The minimum absolute atomic E-state index is 0.100.